The molecule has 0 bridgehead atoms. The Morgan fingerprint density at radius 2 is 1.71 bits per heavy atom. The van der Waals surface area contributed by atoms with E-state index in [-0.39, 0.29) is 36.4 Å². The van der Waals surface area contributed by atoms with Crippen molar-refractivity contribution in [1.82, 2.24) is 0 Å². The van der Waals surface area contributed by atoms with Gasteiger partial charge in [0, 0.05) is 11.3 Å². The molecule has 11 nitrogen and oxygen atoms in total. The second kappa shape index (κ2) is 12.2. The molecule has 0 spiro atoms. The molecule has 0 radical (unpaired) electrons. The summed E-state index contributed by atoms with van der Waals surface area (Å²) in [5.74, 6) is -0.760. The van der Waals surface area contributed by atoms with Crippen LogP contribution in [0.1, 0.15) is 86.5 Å². The topological polar surface area (TPSA) is 197 Å². The third-order valence-corrected chi connectivity index (χ3v) is 13.4. The van der Waals surface area contributed by atoms with Gasteiger partial charge in [-0.3, -0.25) is 4.79 Å². The van der Waals surface area contributed by atoms with E-state index >= 15 is 0 Å². The lowest BCUT2D eigenvalue weighted by Gasteiger charge is -2.61. The van der Waals surface area contributed by atoms with Crippen LogP contribution < -0.4 is 0 Å². The van der Waals surface area contributed by atoms with Gasteiger partial charge < -0.3 is 50.3 Å². The summed E-state index contributed by atoms with van der Waals surface area (Å²) >= 11 is 0. The lowest BCUT2D eigenvalue weighted by molar-refractivity contribution is -0.322. The molecular weight excluding hydrogens is 584 g/mol. The first-order valence-electron chi connectivity index (χ1n) is 16.9. The predicted molar refractivity (Wildman–Crippen MR) is 162 cm³/mol. The monoisotopic (exact) mass is 640 g/mol. The van der Waals surface area contributed by atoms with Gasteiger partial charge in [0.05, 0.1) is 36.1 Å². The minimum Gasteiger partial charge on any atom is -0.394 e. The van der Waals surface area contributed by atoms with E-state index < -0.39 is 83.6 Å². The number of ether oxygens (including phenoxy) is 2. The number of allylic oxidation sites excluding steroid dienone is 1. The van der Waals surface area contributed by atoms with E-state index in [9.17, 15) is 45.6 Å². The predicted octanol–water partition coefficient (Wildman–Crippen LogP) is 0.809. The van der Waals surface area contributed by atoms with Crippen LogP contribution in [-0.4, -0.2) is 113 Å². The highest BCUT2D eigenvalue weighted by atomic mass is 16.7. The molecule has 0 unspecified atom stereocenters. The van der Waals surface area contributed by atoms with Crippen LogP contribution in [0.15, 0.2) is 11.6 Å². The molecule has 0 amide bonds. The van der Waals surface area contributed by atoms with Crippen LogP contribution in [0.25, 0.3) is 0 Å². The van der Waals surface area contributed by atoms with Gasteiger partial charge in [0.25, 0.3) is 0 Å². The average Bonchev–Trinajstić information content (AvgIpc) is 3.25. The van der Waals surface area contributed by atoms with Gasteiger partial charge in [0.2, 0.25) is 0 Å². The number of ketones is 1. The fraction of sp³-hybridized carbons (Fsp3) is 0.912. The third kappa shape index (κ3) is 5.47. The molecule has 0 aromatic carbocycles. The zero-order chi connectivity index (χ0) is 33.4. The number of carbonyl (C=O) groups excluding carboxylic acids is 1. The van der Waals surface area contributed by atoms with Crippen LogP contribution in [0, 0.1) is 40.4 Å². The Hall–Kier alpha value is -0.990. The lowest BCUT2D eigenvalue weighted by Crippen LogP contribution is -2.64. The maximum Gasteiger partial charge on any atom is 0.187 e. The molecule has 1 heterocycles. The van der Waals surface area contributed by atoms with Crippen molar-refractivity contribution in [3.05, 3.63) is 11.6 Å². The number of aliphatic hydroxyl groups is 8. The van der Waals surface area contributed by atoms with E-state index in [0.717, 1.165) is 0 Å². The SMILES string of the molecule is CC(C)[C@H](C)C[C@@H](O)[C@](C)(O)[C@H]1CC[C@@]2(O)C3=CC(=O)[C@@H]4C[C@@H](O[C@@H]5O[C@H](CO)[C@@H](O)[C@H](O)[C@H]5O)[C@@H](O)C[C@]4(C)[C@H]3CC[C@]12C. The lowest BCUT2D eigenvalue weighted by atomic mass is 9.45. The molecule has 3 saturated carbocycles. The second-order valence-corrected chi connectivity index (χ2v) is 16.1. The van der Waals surface area contributed by atoms with Gasteiger partial charge in [0.1, 0.15) is 24.4 Å². The summed E-state index contributed by atoms with van der Waals surface area (Å²) in [7, 11) is 0. The zero-order valence-corrected chi connectivity index (χ0v) is 27.5. The Morgan fingerprint density at radius 3 is 2.33 bits per heavy atom. The van der Waals surface area contributed by atoms with Crippen molar-refractivity contribution in [3.8, 4) is 0 Å². The van der Waals surface area contributed by atoms with Crippen molar-refractivity contribution < 1.29 is 55.1 Å². The highest BCUT2D eigenvalue weighted by Gasteiger charge is 2.69. The third-order valence-electron chi connectivity index (χ3n) is 13.4. The average molecular weight is 641 g/mol. The molecule has 5 aliphatic rings. The van der Waals surface area contributed by atoms with Crippen molar-refractivity contribution in [2.45, 2.75) is 147 Å². The minimum atomic E-state index is -1.62. The van der Waals surface area contributed by atoms with Crippen molar-refractivity contribution >= 4 is 5.78 Å². The number of rotatable bonds is 8. The van der Waals surface area contributed by atoms with Crippen molar-refractivity contribution in [3.63, 3.8) is 0 Å². The summed E-state index contributed by atoms with van der Waals surface area (Å²) in [6, 6.07) is 0. The minimum absolute atomic E-state index is 0.124. The zero-order valence-electron chi connectivity index (χ0n) is 27.5. The fourth-order valence-electron chi connectivity index (χ4n) is 9.89. The largest absolute Gasteiger partial charge is 0.394 e. The van der Waals surface area contributed by atoms with Crippen molar-refractivity contribution in [2.24, 2.45) is 40.4 Å². The standard InChI is InChI=1S/C34H56O11/c1-16(2)17(3)11-26(38)33(6,42)25-8-10-34(43)19-12-21(36)20-13-23(44-30-29(41)28(40)27(39)24(15-35)45-30)22(37)14-31(20,4)18(19)7-9-32(25,34)5/h12,16-18,20,22-30,35,37-43H,7-11,13-15H2,1-6H3/t17-,18+,20+,22+,23-,24-,25+,26-,27-,28+,29-,30-,31-,32-,33-,34-/m1/s1. The van der Waals surface area contributed by atoms with Gasteiger partial charge in [0.15, 0.2) is 12.1 Å². The molecular formula is C34H56O11. The molecule has 8 N–H and O–H groups in total. The van der Waals surface area contributed by atoms with E-state index in [1.807, 2.05) is 13.8 Å². The molecule has 4 fully saturated rings. The summed E-state index contributed by atoms with van der Waals surface area (Å²) in [5, 5.41) is 87.3. The Morgan fingerprint density at radius 1 is 1.04 bits per heavy atom. The number of fused-ring (bicyclic) bond motifs is 5. The van der Waals surface area contributed by atoms with Crippen LogP contribution in [0.4, 0.5) is 0 Å². The number of aliphatic hydroxyl groups excluding tert-OH is 6. The summed E-state index contributed by atoms with van der Waals surface area (Å²) in [6.45, 7) is 11.3. The van der Waals surface area contributed by atoms with Gasteiger partial charge >= 0.3 is 0 Å². The normalized spacial score (nSPS) is 49.4. The van der Waals surface area contributed by atoms with E-state index in [4.69, 9.17) is 9.47 Å². The maximum absolute atomic E-state index is 13.9. The Kier molecular flexibility index (Phi) is 9.54. The molecule has 258 valence electrons. The molecule has 16 atom stereocenters. The van der Waals surface area contributed by atoms with Gasteiger partial charge in [-0.2, -0.15) is 0 Å². The van der Waals surface area contributed by atoms with E-state index in [0.29, 0.717) is 43.6 Å². The van der Waals surface area contributed by atoms with E-state index in [1.165, 1.54) is 0 Å². The van der Waals surface area contributed by atoms with Crippen molar-refractivity contribution in [1.29, 1.82) is 0 Å². The number of carbonyl (C=O) groups is 1. The summed E-state index contributed by atoms with van der Waals surface area (Å²) in [5.41, 5.74) is -3.60. The Labute approximate surface area is 266 Å². The molecule has 11 heteroatoms. The number of hydrogen-bond acceptors (Lipinski definition) is 11. The van der Waals surface area contributed by atoms with Crippen LogP contribution in [0.2, 0.25) is 0 Å². The van der Waals surface area contributed by atoms with Crippen molar-refractivity contribution in [2.75, 3.05) is 6.61 Å². The highest BCUT2D eigenvalue weighted by Crippen LogP contribution is 2.68. The molecule has 1 aliphatic heterocycles. The van der Waals surface area contributed by atoms with Gasteiger partial charge in [-0.1, -0.05) is 34.6 Å². The molecule has 1 saturated heterocycles. The quantitative estimate of drug-likeness (QED) is 0.187. The first-order chi connectivity index (χ1) is 20.8. The maximum atomic E-state index is 13.9. The molecule has 45 heavy (non-hydrogen) atoms. The van der Waals surface area contributed by atoms with Crippen LogP contribution in [0.3, 0.4) is 0 Å². The van der Waals surface area contributed by atoms with Gasteiger partial charge in [-0.15, -0.1) is 0 Å². The second-order valence-electron chi connectivity index (χ2n) is 16.1. The molecule has 0 aromatic heterocycles. The summed E-state index contributed by atoms with van der Waals surface area (Å²) in [6.07, 6.45) is -5.88. The first kappa shape index (κ1) is 35.3. The number of hydrogen-bond donors (Lipinski definition) is 8. The molecule has 4 aliphatic carbocycles. The molecule has 5 rings (SSSR count). The van der Waals surface area contributed by atoms with Gasteiger partial charge in [-0.05, 0) is 92.6 Å². The summed E-state index contributed by atoms with van der Waals surface area (Å²) < 4.78 is 11.4. The fourth-order valence-corrected chi connectivity index (χ4v) is 9.89. The smallest absolute Gasteiger partial charge is 0.187 e. The van der Waals surface area contributed by atoms with Crippen LogP contribution in [0.5, 0.6) is 0 Å². The van der Waals surface area contributed by atoms with E-state index in [1.54, 1.807) is 13.0 Å². The highest BCUT2D eigenvalue weighted by molar-refractivity contribution is 5.95. The van der Waals surface area contributed by atoms with Gasteiger partial charge in [-0.25, -0.2) is 0 Å². The Balaban J connectivity index is 1.38. The first-order valence-corrected chi connectivity index (χ1v) is 16.9. The Bertz CT molecular complexity index is 1140. The van der Waals surface area contributed by atoms with Crippen LogP contribution in [-0.2, 0) is 14.3 Å². The molecule has 0 aromatic rings. The van der Waals surface area contributed by atoms with E-state index in [2.05, 4.69) is 20.8 Å². The summed E-state index contributed by atoms with van der Waals surface area (Å²) in [4.78, 5) is 13.9. The van der Waals surface area contributed by atoms with Crippen LogP contribution >= 0.6 is 0 Å².